The van der Waals surface area contributed by atoms with E-state index < -0.39 is 6.04 Å². The van der Waals surface area contributed by atoms with E-state index in [1.165, 1.54) is 28.8 Å². The first kappa shape index (κ1) is 16.0. The maximum Gasteiger partial charge on any atom is 0.333 e. The van der Waals surface area contributed by atoms with Crippen LogP contribution in [-0.2, 0) is 4.79 Å². The first-order chi connectivity index (χ1) is 12.1. The van der Waals surface area contributed by atoms with Crippen LogP contribution in [0.25, 0.3) is 0 Å². The van der Waals surface area contributed by atoms with Gasteiger partial charge in [0.05, 0.1) is 12.8 Å². The molecule has 128 valence electrons. The highest BCUT2D eigenvalue weighted by Gasteiger charge is 2.53. The van der Waals surface area contributed by atoms with Crippen LogP contribution in [0.5, 0.6) is 5.75 Å². The highest BCUT2D eigenvalue weighted by atomic mass is 32.2. The minimum atomic E-state index is -0.491. The largest absolute Gasteiger partial charge is 0.497 e. The van der Waals surface area contributed by atoms with Crippen molar-refractivity contribution in [3.05, 3.63) is 59.9 Å². The van der Waals surface area contributed by atoms with Crippen molar-refractivity contribution in [1.29, 1.82) is 0 Å². The molecule has 3 amide bonds. The van der Waals surface area contributed by atoms with E-state index in [0.29, 0.717) is 17.2 Å². The van der Waals surface area contributed by atoms with Gasteiger partial charge in [-0.05, 0) is 42.0 Å². The molecule has 5 nitrogen and oxygen atoms in total. The maximum absolute atomic E-state index is 13.2. The van der Waals surface area contributed by atoms with Gasteiger partial charge in [0.15, 0.2) is 0 Å². The van der Waals surface area contributed by atoms with E-state index in [1.54, 1.807) is 48.4 Å². The first-order valence-electron chi connectivity index (χ1n) is 7.77. The van der Waals surface area contributed by atoms with Crippen LogP contribution in [-0.4, -0.2) is 35.7 Å². The molecule has 0 radical (unpaired) electrons. The van der Waals surface area contributed by atoms with Crippen LogP contribution in [0.3, 0.4) is 0 Å². The predicted molar refractivity (Wildman–Crippen MR) is 93.1 cm³/mol. The molecule has 2 atom stereocenters. The van der Waals surface area contributed by atoms with Crippen molar-refractivity contribution in [1.82, 2.24) is 4.90 Å². The summed E-state index contributed by atoms with van der Waals surface area (Å²) in [6.07, 6.45) is 0. The number of ether oxygens (including phenoxy) is 1. The highest BCUT2D eigenvalue weighted by molar-refractivity contribution is 7.99. The zero-order valence-corrected chi connectivity index (χ0v) is 14.2. The van der Waals surface area contributed by atoms with Crippen molar-refractivity contribution in [3.8, 4) is 5.75 Å². The van der Waals surface area contributed by atoms with E-state index in [2.05, 4.69) is 0 Å². The maximum atomic E-state index is 13.2. The second-order valence-electron chi connectivity index (χ2n) is 5.81. The van der Waals surface area contributed by atoms with E-state index >= 15 is 0 Å². The Labute approximate surface area is 148 Å². The Hall–Kier alpha value is -2.54. The number of rotatable bonds is 3. The third-order valence-electron chi connectivity index (χ3n) is 4.40. The first-order valence-corrected chi connectivity index (χ1v) is 8.82. The van der Waals surface area contributed by atoms with Crippen molar-refractivity contribution >= 4 is 29.4 Å². The fourth-order valence-electron chi connectivity index (χ4n) is 3.14. The molecule has 0 aliphatic carbocycles. The van der Waals surface area contributed by atoms with Gasteiger partial charge in [0.2, 0.25) is 0 Å². The van der Waals surface area contributed by atoms with Crippen LogP contribution < -0.4 is 9.64 Å². The molecule has 7 heteroatoms. The molecule has 2 fully saturated rings. The summed E-state index contributed by atoms with van der Waals surface area (Å²) in [5, 5.41) is -0.287. The topological polar surface area (TPSA) is 49.9 Å². The minimum absolute atomic E-state index is 0.229. The van der Waals surface area contributed by atoms with E-state index in [9.17, 15) is 14.0 Å². The van der Waals surface area contributed by atoms with Crippen LogP contribution in [0.2, 0.25) is 0 Å². The smallest absolute Gasteiger partial charge is 0.333 e. The molecule has 2 aliphatic rings. The van der Waals surface area contributed by atoms with Crippen LogP contribution in [0.1, 0.15) is 10.9 Å². The Morgan fingerprint density at radius 1 is 1.08 bits per heavy atom. The van der Waals surface area contributed by atoms with Crippen LogP contribution >= 0.6 is 11.8 Å². The summed E-state index contributed by atoms with van der Waals surface area (Å²) in [6, 6.07) is 12.0. The predicted octanol–water partition coefficient (Wildman–Crippen LogP) is 3.42. The molecule has 0 aromatic heterocycles. The molecule has 2 heterocycles. The van der Waals surface area contributed by atoms with Gasteiger partial charge in [0.25, 0.3) is 5.91 Å². The normalized spacial score (nSPS) is 22.5. The van der Waals surface area contributed by atoms with E-state index in [0.717, 1.165) is 5.56 Å². The summed E-state index contributed by atoms with van der Waals surface area (Å²) in [6.45, 7) is 0. The summed E-state index contributed by atoms with van der Waals surface area (Å²) in [7, 11) is 1.56. The van der Waals surface area contributed by atoms with Crippen molar-refractivity contribution in [2.24, 2.45) is 0 Å². The van der Waals surface area contributed by atoms with Gasteiger partial charge < -0.3 is 4.74 Å². The lowest BCUT2D eigenvalue weighted by Gasteiger charge is -2.23. The van der Waals surface area contributed by atoms with Gasteiger partial charge in [0, 0.05) is 5.75 Å². The number of benzene rings is 2. The summed E-state index contributed by atoms with van der Waals surface area (Å²) in [5.74, 6) is 0.626. The second-order valence-corrected chi connectivity index (χ2v) is 6.93. The molecule has 0 N–H and O–H groups in total. The Bertz CT molecular complexity index is 825. The Kier molecular flexibility index (Phi) is 3.88. The molecule has 0 bridgehead atoms. The molecule has 2 unspecified atom stereocenters. The lowest BCUT2D eigenvalue weighted by atomic mass is 10.2. The average Bonchev–Trinajstić information content (AvgIpc) is 3.17. The Morgan fingerprint density at radius 2 is 1.76 bits per heavy atom. The van der Waals surface area contributed by atoms with Crippen molar-refractivity contribution in [2.45, 2.75) is 11.4 Å². The molecule has 0 saturated carbocycles. The fraction of sp³-hybridized carbons (Fsp3) is 0.222. The Morgan fingerprint density at radius 3 is 2.40 bits per heavy atom. The van der Waals surface area contributed by atoms with Gasteiger partial charge in [-0.3, -0.25) is 9.69 Å². The van der Waals surface area contributed by atoms with Gasteiger partial charge in [-0.1, -0.05) is 12.1 Å². The number of hydrogen-bond donors (Lipinski definition) is 0. The number of hydrogen-bond acceptors (Lipinski definition) is 4. The molecule has 25 heavy (non-hydrogen) atoms. The number of nitrogens with zero attached hydrogens (tertiary/aromatic N) is 2. The standard InChI is InChI=1S/C18H15FN2O3S/c1-24-14-8-6-13(7-9-14)20-16(22)15-10-25-17(21(15)18(20)23)11-2-4-12(19)5-3-11/h2-9,15,17H,10H2,1H3. The number of urea groups is 1. The summed E-state index contributed by atoms with van der Waals surface area (Å²) in [5.41, 5.74) is 1.33. The third-order valence-corrected chi connectivity index (χ3v) is 5.73. The van der Waals surface area contributed by atoms with Gasteiger partial charge in [-0.15, -0.1) is 11.8 Å². The van der Waals surface area contributed by atoms with Gasteiger partial charge >= 0.3 is 6.03 Å². The van der Waals surface area contributed by atoms with Crippen LogP contribution in [0.15, 0.2) is 48.5 Å². The fourth-order valence-corrected chi connectivity index (χ4v) is 4.56. The number of thioether (sulfide) groups is 1. The number of fused-ring (bicyclic) bond motifs is 1. The number of carbonyl (C=O) groups is 2. The van der Waals surface area contributed by atoms with Crippen molar-refractivity contribution < 1.29 is 18.7 Å². The third kappa shape index (κ3) is 2.55. The average molecular weight is 358 g/mol. The van der Waals surface area contributed by atoms with Crippen molar-refractivity contribution in [3.63, 3.8) is 0 Å². The summed E-state index contributed by atoms with van der Waals surface area (Å²) >= 11 is 1.52. The minimum Gasteiger partial charge on any atom is -0.497 e. The van der Waals surface area contributed by atoms with Gasteiger partial charge in [-0.2, -0.15) is 0 Å². The monoisotopic (exact) mass is 358 g/mol. The molecule has 2 aliphatic heterocycles. The van der Waals surface area contributed by atoms with E-state index in [4.69, 9.17) is 4.74 Å². The number of carbonyl (C=O) groups excluding carboxylic acids is 2. The second kappa shape index (κ2) is 6.07. The lowest BCUT2D eigenvalue weighted by Crippen LogP contribution is -2.33. The van der Waals surface area contributed by atoms with Crippen LogP contribution in [0.4, 0.5) is 14.9 Å². The Balaban J connectivity index is 1.65. The van der Waals surface area contributed by atoms with Gasteiger partial charge in [-0.25, -0.2) is 14.1 Å². The van der Waals surface area contributed by atoms with E-state index in [1.807, 2.05) is 0 Å². The van der Waals surface area contributed by atoms with Crippen LogP contribution in [0, 0.1) is 5.82 Å². The number of imide groups is 1. The lowest BCUT2D eigenvalue weighted by molar-refractivity contribution is -0.119. The van der Waals surface area contributed by atoms with E-state index in [-0.39, 0.29) is 23.1 Å². The zero-order chi connectivity index (χ0) is 17.6. The van der Waals surface area contributed by atoms with Gasteiger partial charge in [0.1, 0.15) is 23.0 Å². The summed E-state index contributed by atoms with van der Waals surface area (Å²) in [4.78, 5) is 28.5. The highest BCUT2D eigenvalue weighted by Crippen LogP contribution is 2.46. The molecule has 4 rings (SSSR count). The molecule has 2 aromatic rings. The number of halogens is 1. The zero-order valence-electron chi connectivity index (χ0n) is 13.4. The number of amides is 3. The van der Waals surface area contributed by atoms with Crippen molar-refractivity contribution in [2.75, 3.05) is 17.8 Å². The number of methoxy groups -OCH3 is 1. The summed E-state index contributed by atoms with van der Waals surface area (Å²) < 4.78 is 18.3. The quantitative estimate of drug-likeness (QED) is 0.789. The molecule has 2 saturated heterocycles. The molecular weight excluding hydrogens is 343 g/mol. The molecule has 0 spiro atoms. The SMILES string of the molecule is COc1ccc(N2C(=O)C3CSC(c4ccc(F)cc4)N3C2=O)cc1. The molecule has 2 aromatic carbocycles. The number of anilines is 1. The molecular formula is C18H15FN2O3S.